The first-order valence-corrected chi connectivity index (χ1v) is 8.01. The molecule has 1 saturated heterocycles. The second-order valence-electron chi connectivity index (χ2n) is 5.96. The highest BCUT2D eigenvalue weighted by Gasteiger charge is 2.48. The van der Waals surface area contributed by atoms with Gasteiger partial charge in [0.1, 0.15) is 12.3 Å². The Morgan fingerprint density at radius 3 is 2.61 bits per heavy atom. The average Bonchev–Trinajstić information content (AvgIpc) is 2.80. The monoisotopic (exact) mass is 324 g/mol. The van der Waals surface area contributed by atoms with Crippen LogP contribution in [0.2, 0.25) is 0 Å². The number of halogens is 1. The van der Waals surface area contributed by atoms with Crippen LogP contribution in [0.5, 0.6) is 0 Å². The number of carbonyl (C=O) groups is 1. The van der Waals surface area contributed by atoms with Gasteiger partial charge in [0.25, 0.3) is 0 Å². The zero-order chi connectivity index (χ0) is 16.8. The van der Waals surface area contributed by atoms with Crippen molar-refractivity contribution in [3.05, 3.63) is 35.9 Å². The molecule has 1 aromatic rings. The van der Waals surface area contributed by atoms with Gasteiger partial charge in [0.15, 0.2) is 0 Å². The van der Waals surface area contributed by atoms with Crippen LogP contribution in [0.15, 0.2) is 30.3 Å². The first-order chi connectivity index (χ1) is 11.1. The molecular weight excluding hydrogens is 299 g/mol. The Morgan fingerprint density at radius 1 is 1.30 bits per heavy atom. The van der Waals surface area contributed by atoms with E-state index >= 15 is 0 Å². The smallest absolute Gasteiger partial charge is 0.221 e. The molecule has 4 atom stereocenters. The molecule has 23 heavy (non-hydrogen) atoms. The van der Waals surface area contributed by atoms with Crippen molar-refractivity contribution in [3.63, 3.8) is 0 Å². The van der Waals surface area contributed by atoms with Crippen LogP contribution in [0.1, 0.15) is 18.4 Å². The minimum atomic E-state index is -1.53. The van der Waals surface area contributed by atoms with E-state index in [1.807, 2.05) is 30.3 Å². The Bertz CT molecular complexity index is 500. The van der Waals surface area contributed by atoms with E-state index in [2.05, 4.69) is 5.32 Å². The molecule has 3 N–H and O–H groups in total. The molecule has 2 rings (SSSR count). The number of carbonyl (C=O) groups excluding carboxylic acids is 1. The van der Waals surface area contributed by atoms with Crippen LogP contribution in [0.3, 0.4) is 0 Å². The summed E-state index contributed by atoms with van der Waals surface area (Å²) < 4.78 is 14.3. The van der Waals surface area contributed by atoms with E-state index in [1.165, 1.54) is 12.6 Å². The van der Waals surface area contributed by atoms with Gasteiger partial charge in [0, 0.05) is 13.5 Å². The molecule has 0 spiro atoms. The number of alkyl halides is 1. The Hall–Kier alpha value is -1.50. The van der Waals surface area contributed by atoms with E-state index in [9.17, 15) is 19.4 Å². The third-order valence-corrected chi connectivity index (χ3v) is 4.53. The molecule has 1 aromatic carbocycles. The van der Waals surface area contributed by atoms with Gasteiger partial charge in [0.2, 0.25) is 5.91 Å². The minimum absolute atomic E-state index is 0.0173. The van der Waals surface area contributed by atoms with Crippen molar-refractivity contribution in [2.24, 2.45) is 0 Å². The largest absolute Gasteiger partial charge is 0.395 e. The summed E-state index contributed by atoms with van der Waals surface area (Å²) in [5.74, 6) is -0.267. The molecule has 0 aromatic heterocycles. The van der Waals surface area contributed by atoms with Crippen molar-refractivity contribution in [2.45, 2.75) is 43.6 Å². The third-order valence-electron chi connectivity index (χ3n) is 4.53. The quantitative estimate of drug-likeness (QED) is 0.683. The molecule has 1 aliphatic rings. The lowest BCUT2D eigenvalue weighted by Crippen LogP contribution is -2.43. The first kappa shape index (κ1) is 17.8. The number of aryl methyl sites for hydroxylation is 1. The molecule has 1 aliphatic heterocycles. The molecule has 0 saturated carbocycles. The SMILES string of the molecule is CNC(=O)CC1[C@@H](F)[C@H](O)C(CO)N1CCCc1ccccc1. The number of rotatable bonds is 7. The van der Waals surface area contributed by atoms with Crippen LogP contribution < -0.4 is 5.32 Å². The lowest BCUT2D eigenvalue weighted by Gasteiger charge is -2.29. The molecule has 6 heteroatoms. The second kappa shape index (κ2) is 8.38. The van der Waals surface area contributed by atoms with Crippen molar-refractivity contribution < 1.29 is 19.4 Å². The highest BCUT2D eigenvalue weighted by Crippen LogP contribution is 2.30. The molecule has 1 amide bonds. The Morgan fingerprint density at radius 2 is 2.00 bits per heavy atom. The van der Waals surface area contributed by atoms with Gasteiger partial charge in [-0.3, -0.25) is 9.69 Å². The number of nitrogens with one attached hydrogen (secondary N) is 1. The summed E-state index contributed by atoms with van der Waals surface area (Å²) in [6.07, 6.45) is -1.21. The number of aliphatic hydroxyl groups excluding tert-OH is 2. The predicted octanol–water partition coefficient (Wildman–Crippen LogP) is 0.499. The van der Waals surface area contributed by atoms with E-state index in [1.54, 1.807) is 4.90 Å². The predicted molar refractivity (Wildman–Crippen MR) is 85.7 cm³/mol. The van der Waals surface area contributed by atoms with Crippen LogP contribution >= 0.6 is 0 Å². The lowest BCUT2D eigenvalue weighted by atomic mass is 10.1. The van der Waals surface area contributed by atoms with E-state index < -0.39 is 24.4 Å². The standard InChI is InChI=1S/C17H25FN2O3/c1-19-15(22)10-13-16(18)17(23)14(11-21)20(13)9-5-8-12-6-3-2-4-7-12/h2-4,6-7,13-14,16-17,21,23H,5,8-11H2,1H3,(H,19,22)/t13?,14?,16-,17-/m1/s1. The molecule has 1 heterocycles. The van der Waals surface area contributed by atoms with Crippen LogP contribution in [0.4, 0.5) is 4.39 Å². The molecule has 5 nitrogen and oxygen atoms in total. The van der Waals surface area contributed by atoms with E-state index in [-0.39, 0.29) is 18.9 Å². The van der Waals surface area contributed by atoms with Gasteiger partial charge >= 0.3 is 0 Å². The van der Waals surface area contributed by atoms with Gasteiger partial charge in [-0.2, -0.15) is 0 Å². The molecular formula is C17H25FN2O3. The van der Waals surface area contributed by atoms with Crippen LogP contribution in [-0.2, 0) is 11.2 Å². The number of hydrogen-bond donors (Lipinski definition) is 3. The summed E-state index contributed by atoms with van der Waals surface area (Å²) >= 11 is 0. The van der Waals surface area contributed by atoms with Crippen molar-refractivity contribution in [1.82, 2.24) is 10.2 Å². The first-order valence-electron chi connectivity index (χ1n) is 8.01. The summed E-state index contributed by atoms with van der Waals surface area (Å²) in [4.78, 5) is 13.4. The molecule has 1 fully saturated rings. The molecule has 2 unspecified atom stereocenters. The molecule has 0 bridgehead atoms. The second-order valence-corrected chi connectivity index (χ2v) is 5.96. The van der Waals surface area contributed by atoms with Gasteiger partial charge in [-0.15, -0.1) is 0 Å². The van der Waals surface area contributed by atoms with Gasteiger partial charge in [-0.05, 0) is 24.9 Å². The zero-order valence-corrected chi connectivity index (χ0v) is 13.4. The minimum Gasteiger partial charge on any atom is -0.395 e. The number of hydrogen-bond acceptors (Lipinski definition) is 4. The normalized spacial score (nSPS) is 28.0. The summed E-state index contributed by atoms with van der Waals surface area (Å²) in [5.41, 5.74) is 1.19. The van der Waals surface area contributed by atoms with Crippen molar-refractivity contribution in [1.29, 1.82) is 0 Å². The van der Waals surface area contributed by atoms with Crippen LogP contribution in [0.25, 0.3) is 0 Å². The fourth-order valence-corrected chi connectivity index (χ4v) is 3.24. The van der Waals surface area contributed by atoms with Crippen LogP contribution in [0, 0.1) is 0 Å². The maximum absolute atomic E-state index is 14.3. The Kier molecular flexibility index (Phi) is 6.50. The summed E-state index contributed by atoms with van der Waals surface area (Å²) in [5, 5.41) is 22.0. The Labute approximate surface area is 136 Å². The van der Waals surface area contributed by atoms with Crippen molar-refractivity contribution >= 4 is 5.91 Å². The van der Waals surface area contributed by atoms with Crippen molar-refractivity contribution in [3.8, 4) is 0 Å². The van der Waals surface area contributed by atoms with Crippen molar-refractivity contribution in [2.75, 3.05) is 20.2 Å². The number of amides is 1. The average molecular weight is 324 g/mol. The Balaban J connectivity index is 2.00. The van der Waals surface area contributed by atoms with E-state index in [0.29, 0.717) is 6.54 Å². The van der Waals surface area contributed by atoms with Crippen LogP contribution in [-0.4, -0.2) is 65.6 Å². The van der Waals surface area contributed by atoms with E-state index in [0.717, 1.165) is 12.8 Å². The van der Waals surface area contributed by atoms with Gasteiger partial charge < -0.3 is 15.5 Å². The number of nitrogens with zero attached hydrogens (tertiary/aromatic N) is 1. The topological polar surface area (TPSA) is 72.8 Å². The maximum atomic E-state index is 14.3. The summed E-state index contributed by atoms with van der Waals surface area (Å²) in [7, 11) is 1.50. The van der Waals surface area contributed by atoms with Gasteiger partial charge in [-0.1, -0.05) is 30.3 Å². The molecule has 0 radical (unpaired) electrons. The molecule has 128 valence electrons. The molecule has 0 aliphatic carbocycles. The number of likely N-dealkylation sites (tertiary alicyclic amines) is 1. The summed E-state index contributed by atoms with van der Waals surface area (Å²) in [6.45, 7) is 0.205. The highest BCUT2D eigenvalue weighted by molar-refractivity contribution is 5.76. The summed E-state index contributed by atoms with van der Waals surface area (Å²) in [6, 6.07) is 8.60. The highest BCUT2D eigenvalue weighted by atomic mass is 19.1. The van der Waals surface area contributed by atoms with Gasteiger partial charge in [-0.25, -0.2) is 4.39 Å². The number of aliphatic hydroxyl groups is 2. The fraction of sp³-hybridized carbons (Fsp3) is 0.588. The zero-order valence-electron chi connectivity index (χ0n) is 13.4. The number of benzene rings is 1. The third kappa shape index (κ3) is 4.28. The lowest BCUT2D eigenvalue weighted by molar-refractivity contribution is -0.122. The maximum Gasteiger partial charge on any atom is 0.221 e. The van der Waals surface area contributed by atoms with Gasteiger partial charge in [0.05, 0.1) is 18.7 Å². The van der Waals surface area contributed by atoms with E-state index in [4.69, 9.17) is 0 Å². The fourth-order valence-electron chi connectivity index (χ4n) is 3.24.